The van der Waals surface area contributed by atoms with Crippen molar-refractivity contribution in [1.82, 2.24) is 0 Å². The summed E-state index contributed by atoms with van der Waals surface area (Å²) in [6.07, 6.45) is 20.1. The minimum absolute atomic E-state index is 0.729. The molecule has 0 radical (unpaired) electrons. The van der Waals surface area contributed by atoms with Crippen molar-refractivity contribution < 1.29 is 0 Å². The summed E-state index contributed by atoms with van der Waals surface area (Å²) in [7, 11) is 0. The van der Waals surface area contributed by atoms with E-state index in [9.17, 15) is 0 Å². The van der Waals surface area contributed by atoms with Crippen molar-refractivity contribution in [3.05, 3.63) is 24.8 Å². The SMILES string of the molecule is C=C(C)C(C)CCCCCC.C=CCC.CCCCC1CCCCC1C. The lowest BCUT2D eigenvalue weighted by Crippen LogP contribution is -2.16. The third-order valence-corrected chi connectivity index (χ3v) is 5.84. The summed E-state index contributed by atoms with van der Waals surface area (Å²) >= 11 is 0. The van der Waals surface area contributed by atoms with Gasteiger partial charge in [-0.1, -0.05) is 123 Å². The first-order valence-corrected chi connectivity index (χ1v) is 11.7. The van der Waals surface area contributed by atoms with E-state index in [2.05, 4.69) is 54.7 Å². The molecule has 0 saturated heterocycles. The van der Waals surface area contributed by atoms with E-state index in [1.165, 1.54) is 82.6 Å². The van der Waals surface area contributed by atoms with Gasteiger partial charge in [0, 0.05) is 0 Å². The molecule has 156 valence electrons. The zero-order valence-corrected chi connectivity index (χ0v) is 19.4. The van der Waals surface area contributed by atoms with Crippen molar-refractivity contribution in [2.24, 2.45) is 17.8 Å². The lowest BCUT2D eigenvalue weighted by Gasteiger charge is -2.28. The molecule has 0 bridgehead atoms. The van der Waals surface area contributed by atoms with Crippen LogP contribution in [0.2, 0.25) is 0 Å². The molecule has 0 N–H and O–H groups in total. The second-order valence-electron chi connectivity index (χ2n) is 8.46. The highest BCUT2D eigenvalue weighted by Crippen LogP contribution is 2.32. The van der Waals surface area contributed by atoms with Crippen molar-refractivity contribution in [2.45, 2.75) is 125 Å². The molecule has 0 aromatic heterocycles. The molecule has 0 aromatic rings. The quantitative estimate of drug-likeness (QED) is 0.267. The Labute approximate surface area is 167 Å². The fraction of sp³-hybridized carbons (Fsp3) is 0.846. The van der Waals surface area contributed by atoms with Gasteiger partial charge in [0.1, 0.15) is 0 Å². The minimum Gasteiger partial charge on any atom is -0.103 e. The Morgan fingerprint density at radius 1 is 1.00 bits per heavy atom. The second kappa shape index (κ2) is 20.8. The summed E-state index contributed by atoms with van der Waals surface area (Å²) in [5.41, 5.74) is 1.33. The molecule has 3 atom stereocenters. The van der Waals surface area contributed by atoms with Crippen molar-refractivity contribution in [3.8, 4) is 0 Å². The maximum absolute atomic E-state index is 3.95. The summed E-state index contributed by atoms with van der Waals surface area (Å²) in [4.78, 5) is 0. The number of hydrogen-bond acceptors (Lipinski definition) is 0. The molecule has 1 saturated carbocycles. The first-order chi connectivity index (χ1) is 12.4. The molecule has 1 aliphatic rings. The summed E-state index contributed by atoms with van der Waals surface area (Å²) in [6, 6.07) is 0. The van der Waals surface area contributed by atoms with Crippen molar-refractivity contribution >= 4 is 0 Å². The smallest absolute Gasteiger partial charge is 0.0237 e. The molecule has 0 nitrogen and oxygen atoms in total. The molecular formula is C26H52. The van der Waals surface area contributed by atoms with Gasteiger partial charge in [-0.05, 0) is 37.5 Å². The van der Waals surface area contributed by atoms with E-state index in [1.807, 2.05) is 6.08 Å². The van der Waals surface area contributed by atoms with E-state index in [1.54, 1.807) is 0 Å². The van der Waals surface area contributed by atoms with Crippen LogP contribution in [-0.2, 0) is 0 Å². The number of allylic oxidation sites excluding steroid dienone is 2. The predicted molar refractivity (Wildman–Crippen MR) is 124 cm³/mol. The van der Waals surface area contributed by atoms with Crippen LogP contribution in [0, 0.1) is 17.8 Å². The van der Waals surface area contributed by atoms with Crippen LogP contribution in [0.25, 0.3) is 0 Å². The molecule has 0 heterocycles. The normalized spacial score (nSPS) is 20.1. The average Bonchev–Trinajstić information content (AvgIpc) is 2.65. The third-order valence-electron chi connectivity index (χ3n) is 5.84. The van der Waals surface area contributed by atoms with E-state index in [4.69, 9.17) is 0 Å². The van der Waals surface area contributed by atoms with Crippen LogP contribution in [-0.4, -0.2) is 0 Å². The highest BCUT2D eigenvalue weighted by molar-refractivity contribution is 4.93. The predicted octanol–water partition coefficient (Wildman–Crippen LogP) is 9.75. The van der Waals surface area contributed by atoms with Crippen molar-refractivity contribution in [1.29, 1.82) is 0 Å². The Balaban J connectivity index is 0. The zero-order chi connectivity index (χ0) is 20.2. The van der Waals surface area contributed by atoms with Crippen molar-refractivity contribution in [3.63, 3.8) is 0 Å². The molecule has 1 fully saturated rings. The van der Waals surface area contributed by atoms with Gasteiger partial charge in [-0.25, -0.2) is 0 Å². The van der Waals surface area contributed by atoms with E-state index >= 15 is 0 Å². The number of unbranched alkanes of at least 4 members (excludes halogenated alkanes) is 4. The molecule has 1 rings (SSSR count). The van der Waals surface area contributed by atoms with Gasteiger partial charge in [0.05, 0.1) is 0 Å². The Morgan fingerprint density at radius 2 is 1.58 bits per heavy atom. The molecule has 0 spiro atoms. The van der Waals surface area contributed by atoms with Gasteiger partial charge in [0.15, 0.2) is 0 Å². The van der Waals surface area contributed by atoms with Gasteiger partial charge in [-0.15, -0.1) is 6.58 Å². The Hall–Kier alpha value is -0.520. The fourth-order valence-corrected chi connectivity index (χ4v) is 3.41. The fourth-order valence-electron chi connectivity index (χ4n) is 3.41. The van der Waals surface area contributed by atoms with Crippen LogP contribution >= 0.6 is 0 Å². The van der Waals surface area contributed by atoms with Gasteiger partial charge in [-0.3, -0.25) is 0 Å². The van der Waals surface area contributed by atoms with E-state index in [0.717, 1.165) is 24.2 Å². The highest BCUT2D eigenvalue weighted by atomic mass is 14.3. The van der Waals surface area contributed by atoms with Crippen molar-refractivity contribution in [2.75, 3.05) is 0 Å². The molecule has 0 amide bonds. The van der Waals surface area contributed by atoms with E-state index in [-0.39, 0.29) is 0 Å². The summed E-state index contributed by atoms with van der Waals surface area (Å²) in [5.74, 6) is 2.82. The molecule has 0 aromatic carbocycles. The summed E-state index contributed by atoms with van der Waals surface area (Å²) < 4.78 is 0. The maximum Gasteiger partial charge on any atom is -0.0237 e. The van der Waals surface area contributed by atoms with Crippen LogP contribution < -0.4 is 0 Å². The van der Waals surface area contributed by atoms with Gasteiger partial charge in [0.25, 0.3) is 0 Å². The first kappa shape index (κ1) is 27.7. The summed E-state index contributed by atoms with van der Waals surface area (Å²) in [6.45, 7) is 20.9. The van der Waals surface area contributed by atoms with Crippen LogP contribution in [0.3, 0.4) is 0 Å². The lowest BCUT2D eigenvalue weighted by molar-refractivity contribution is 0.237. The number of hydrogen-bond donors (Lipinski definition) is 0. The third kappa shape index (κ3) is 18.3. The average molecular weight is 365 g/mol. The molecular weight excluding hydrogens is 312 g/mol. The molecule has 26 heavy (non-hydrogen) atoms. The Bertz CT molecular complexity index is 301. The minimum atomic E-state index is 0.729. The Morgan fingerprint density at radius 3 is 2.04 bits per heavy atom. The molecule has 3 unspecified atom stereocenters. The number of rotatable bonds is 10. The van der Waals surface area contributed by atoms with Crippen LogP contribution in [0.5, 0.6) is 0 Å². The van der Waals surface area contributed by atoms with Crippen LogP contribution in [0.15, 0.2) is 24.8 Å². The lowest BCUT2D eigenvalue weighted by atomic mass is 9.78. The molecule has 0 aliphatic heterocycles. The monoisotopic (exact) mass is 364 g/mol. The Kier molecular flexibility index (Phi) is 22.1. The zero-order valence-electron chi connectivity index (χ0n) is 19.4. The molecule has 0 heteroatoms. The molecule has 1 aliphatic carbocycles. The largest absolute Gasteiger partial charge is 0.103 e. The summed E-state index contributed by atoms with van der Waals surface area (Å²) in [5, 5.41) is 0. The van der Waals surface area contributed by atoms with Gasteiger partial charge >= 0.3 is 0 Å². The standard InChI is InChI=1S/2C11H22.C4H8/c1-3-4-8-11-9-6-5-7-10(11)2;1-5-6-7-8-9-11(4)10(2)3;1-3-4-2/h10-11H,3-9H2,1-2H3;11H,2,5-9H2,1,3-4H3;3H,1,4H2,2H3. The topological polar surface area (TPSA) is 0 Å². The van der Waals surface area contributed by atoms with Crippen LogP contribution in [0.4, 0.5) is 0 Å². The van der Waals surface area contributed by atoms with Crippen LogP contribution in [0.1, 0.15) is 125 Å². The first-order valence-electron chi connectivity index (χ1n) is 11.7. The van der Waals surface area contributed by atoms with Gasteiger partial charge < -0.3 is 0 Å². The van der Waals surface area contributed by atoms with E-state index in [0.29, 0.717) is 0 Å². The van der Waals surface area contributed by atoms with Gasteiger partial charge in [0.2, 0.25) is 0 Å². The second-order valence-corrected chi connectivity index (χ2v) is 8.46. The van der Waals surface area contributed by atoms with E-state index < -0.39 is 0 Å². The van der Waals surface area contributed by atoms with Gasteiger partial charge in [-0.2, -0.15) is 0 Å². The highest BCUT2D eigenvalue weighted by Gasteiger charge is 2.19. The maximum atomic E-state index is 3.95.